The van der Waals surface area contributed by atoms with Gasteiger partial charge in [-0.25, -0.2) is 14.4 Å². The van der Waals surface area contributed by atoms with Crippen molar-refractivity contribution in [3.05, 3.63) is 64.9 Å². The number of alkyl halides is 3. The number of hydrogen-bond donors (Lipinski definition) is 1. The zero-order chi connectivity index (χ0) is 24.5. The molecule has 0 amide bonds. The van der Waals surface area contributed by atoms with E-state index in [0.29, 0.717) is 46.7 Å². The number of rotatable bonds is 7. The minimum atomic E-state index is -4.78. The predicted molar refractivity (Wildman–Crippen MR) is 118 cm³/mol. The first-order valence-electron chi connectivity index (χ1n) is 10.6. The van der Waals surface area contributed by atoms with E-state index in [1.807, 2.05) is 13.0 Å². The second kappa shape index (κ2) is 9.36. The van der Waals surface area contributed by atoms with Gasteiger partial charge >= 0.3 is 6.18 Å². The third kappa shape index (κ3) is 4.85. The molecule has 0 fully saturated rings. The first-order chi connectivity index (χ1) is 16.2. The van der Waals surface area contributed by atoms with E-state index < -0.39 is 17.6 Å². The van der Waals surface area contributed by atoms with Gasteiger partial charge in [-0.3, -0.25) is 0 Å². The number of halogens is 4. The van der Waals surface area contributed by atoms with E-state index >= 15 is 0 Å². The highest BCUT2D eigenvalue weighted by Crippen LogP contribution is 2.36. The van der Waals surface area contributed by atoms with E-state index in [4.69, 9.17) is 14.2 Å². The quantitative estimate of drug-likeness (QED) is 0.435. The molecule has 0 saturated carbocycles. The molecule has 2 aromatic carbocycles. The molecule has 180 valence electrons. The highest BCUT2D eigenvalue weighted by atomic mass is 19.4. The first-order valence-corrected chi connectivity index (χ1v) is 10.6. The minimum Gasteiger partial charge on any atom is -0.494 e. The van der Waals surface area contributed by atoms with Crippen LogP contribution in [0.15, 0.2) is 42.2 Å². The third-order valence-corrected chi connectivity index (χ3v) is 5.36. The number of aryl methyl sites for hydroxylation is 1. The summed E-state index contributed by atoms with van der Waals surface area (Å²) in [5.74, 6) is 1.03. The summed E-state index contributed by atoms with van der Waals surface area (Å²) in [6.07, 6.45) is -2.38. The Balaban J connectivity index is 1.67. The molecule has 1 aromatic heterocycles. The lowest BCUT2D eigenvalue weighted by molar-refractivity contribution is -0.140. The van der Waals surface area contributed by atoms with E-state index in [2.05, 4.69) is 15.3 Å². The molecule has 10 heteroatoms. The SMILES string of the molecule is COc1cc2nc(C)nc(NCc3cccc(C(F)(F)F)c3F)c2cc1OC(C)C1=CCCO1. The van der Waals surface area contributed by atoms with Crippen molar-refractivity contribution >= 4 is 16.7 Å². The van der Waals surface area contributed by atoms with Crippen LogP contribution < -0.4 is 14.8 Å². The van der Waals surface area contributed by atoms with Crippen molar-refractivity contribution in [1.29, 1.82) is 0 Å². The smallest absolute Gasteiger partial charge is 0.419 e. The molecular weight excluding hydrogens is 454 g/mol. The van der Waals surface area contributed by atoms with Crippen molar-refractivity contribution in [2.24, 2.45) is 0 Å². The third-order valence-electron chi connectivity index (χ3n) is 5.36. The Labute approximate surface area is 193 Å². The number of nitrogens with one attached hydrogen (secondary N) is 1. The largest absolute Gasteiger partial charge is 0.494 e. The van der Waals surface area contributed by atoms with Gasteiger partial charge < -0.3 is 19.5 Å². The number of anilines is 1. The molecule has 1 atom stereocenters. The fourth-order valence-electron chi connectivity index (χ4n) is 3.72. The van der Waals surface area contributed by atoms with Crippen molar-refractivity contribution < 1.29 is 31.8 Å². The molecule has 6 nitrogen and oxygen atoms in total. The number of benzene rings is 2. The molecule has 1 aliphatic rings. The van der Waals surface area contributed by atoms with Gasteiger partial charge in [0.1, 0.15) is 23.2 Å². The summed E-state index contributed by atoms with van der Waals surface area (Å²) in [6.45, 7) is 3.92. The van der Waals surface area contributed by atoms with Crippen molar-refractivity contribution in [3.8, 4) is 11.5 Å². The average Bonchev–Trinajstić information content (AvgIpc) is 3.32. The van der Waals surface area contributed by atoms with Crippen LogP contribution in [0.25, 0.3) is 10.9 Å². The number of ether oxygens (including phenoxy) is 3. The number of hydrogen-bond acceptors (Lipinski definition) is 6. The molecule has 0 spiro atoms. The van der Waals surface area contributed by atoms with Crippen LogP contribution in [0.2, 0.25) is 0 Å². The normalized spacial score (nSPS) is 14.5. The monoisotopic (exact) mass is 477 g/mol. The van der Waals surface area contributed by atoms with Crippen LogP contribution in [0, 0.1) is 12.7 Å². The van der Waals surface area contributed by atoms with Crippen molar-refractivity contribution in [2.75, 3.05) is 19.0 Å². The standard InChI is InChI=1S/C24H23F4N3O3/c1-13(19-8-5-9-33-19)34-21-10-16-18(11-20(21)32-3)30-14(2)31-23(16)29-12-15-6-4-7-17(22(15)25)24(26,27)28/h4,6-8,10-11,13H,5,9,12H2,1-3H3,(H,29,30,31). The Morgan fingerprint density at radius 2 is 1.97 bits per heavy atom. The van der Waals surface area contributed by atoms with Gasteiger partial charge in [-0.05, 0) is 32.1 Å². The molecule has 0 bridgehead atoms. The van der Waals surface area contributed by atoms with E-state index in [1.165, 1.54) is 19.2 Å². The zero-order valence-corrected chi connectivity index (χ0v) is 18.8. The summed E-state index contributed by atoms with van der Waals surface area (Å²) in [6, 6.07) is 6.55. The summed E-state index contributed by atoms with van der Waals surface area (Å²) in [7, 11) is 1.51. The fraction of sp³-hybridized carbons (Fsp3) is 0.333. The summed E-state index contributed by atoms with van der Waals surface area (Å²) in [5, 5.41) is 3.49. The van der Waals surface area contributed by atoms with Crippen molar-refractivity contribution in [1.82, 2.24) is 9.97 Å². The highest BCUT2D eigenvalue weighted by Gasteiger charge is 2.34. The van der Waals surface area contributed by atoms with Crippen LogP contribution in [-0.2, 0) is 17.5 Å². The van der Waals surface area contributed by atoms with Gasteiger partial charge in [0.25, 0.3) is 0 Å². The number of methoxy groups -OCH3 is 1. The van der Waals surface area contributed by atoms with E-state index in [9.17, 15) is 17.6 Å². The maximum Gasteiger partial charge on any atom is 0.419 e. The first kappa shape index (κ1) is 23.6. The lowest BCUT2D eigenvalue weighted by Gasteiger charge is -2.19. The fourth-order valence-corrected chi connectivity index (χ4v) is 3.72. The molecule has 0 aliphatic carbocycles. The van der Waals surface area contributed by atoms with Gasteiger partial charge in [0.05, 0.1) is 24.8 Å². The topological polar surface area (TPSA) is 65.5 Å². The van der Waals surface area contributed by atoms with Crippen LogP contribution in [0.3, 0.4) is 0 Å². The van der Waals surface area contributed by atoms with Gasteiger partial charge in [-0.15, -0.1) is 0 Å². The summed E-state index contributed by atoms with van der Waals surface area (Å²) >= 11 is 0. The Hall–Kier alpha value is -3.56. The lowest BCUT2D eigenvalue weighted by atomic mass is 10.1. The Morgan fingerprint density at radius 3 is 2.65 bits per heavy atom. The van der Waals surface area contributed by atoms with Gasteiger partial charge in [-0.1, -0.05) is 12.1 Å². The number of aromatic nitrogens is 2. The van der Waals surface area contributed by atoms with Gasteiger partial charge in [0.15, 0.2) is 17.6 Å². The molecular formula is C24H23F4N3O3. The van der Waals surface area contributed by atoms with Crippen LogP contribution in [-0.4, -0.2) is 29.8 Å². The molecule has 0 saturated heterocycles. The Bertz CT molecular complexity index is 1240. The van der Waals surface area contributed by atoms with E-state index in [1.54, 1.807) is 19.1 Å². The van der Waals surface area contributed by atoms with Gasteiger partial charge in [0, 0.05) is 30.0 Å². The van der Waals surface area contributed by atoms with Crippen molar-refractivity contribution in [3.63, 3.8) is 0 Å². The van der Waals surface area contributed by atoms with E-state index in [0.717, 1.165) is 12.2 Å². The van der Waals surface area contributed by atoms with Crippen LogP contribution >= 0.6 is 0 Å². The molecule has 4 rings (SSSR count). The second-order valence-corrected chi connectivity index (χ2v) is 7.77. The van der Waals surface area contributed by atoms with E-state index in [-0.39, 0.29) is 18.2 Å². The molecule has 1 N–H and O–H groups in total. The summed E-state index contributed by atoms with van der Waals surface area (Å²) in [5.41, 5.74) is -0.913. The molecule has 2 heterocycles. The van der Waals surface area contributed by atoms with Crippen molar-refractivity contribution in [2.45, 2.75) is 39.1 Å². The Morgan fingerprint density at radius 1 is 1.18 bits per heavy atom. The zero-order valence-electron chi connectivity index (χ0n) is 18.8. The molecule has 1 unspecified atom stereocenters. The Kier molecular flexibility index (Phi) is 6.49. The number of fused-ring (bicyclic) bond motifs is 1. The van der Waals surface area contributed by atoms with Crippen LogP contribution in [0.5, 0.6) is 11.5 Å². The maximum absolute atomic E-state index is 14.5. The maximum atomic E-state index is 14.5. The highest BCUT2D eigenvalue weighted by molar-refractivity contribution is 5.91. The summed E-state index contributed by atoms with van der Waals surface area (Å²) < 4.78 is 70.8. The number of nitrogens with zero attached hydrogens (tertiary/aromatic N) is 2. The minimum absolute atomic E-state index is 0.136. The van der Waals surface area contributed by atoms with Gasteiger partial charge in [-0.2, -0.15) is 13.2 Å². The molecule has 0 radical (unpaired) electrons. The summed E-state index contributed by atoms with van der Waals surface area (Å²) in [4.78, 5) is 8.79. The lowest BCUT2D eigenvalue weighted by Crippen LogP contribution is -2.16. The second-order valence-electron chi connectivity index (χ2n) is 7.77. The van der Waals surface area contributed by atoms with Crippen LogP contribution in [0.4, 0.5) is 23.4 Å². The average molecular weight is 477 g/mol. The molecule has 1 aliphatic heterocycles. The van der Waals surface area contributed by atoms with Gasteiger partial charge in [0.2, 0.25) is 0 Å². The molecule has 3 aromatic rings. The predicted octanol–water partition coefficient (Wildman–Crippen LogP) is 5.79. The molecule has 34 heavy (non-hydrogen) atoms. The van der Waals surface area contributed by atoms with Crippen LogP contribution in [0.1, 0.15) is 30.3 Å².